The molecule has 2 heterocycles. The van der Waals surface area contributed by atoms with Gasteiger partial charge in [-0.15, -0.1) is 12.4 Å². The summed E-state index contributed by atoms with van der Waals surface area (Å²) in [6.45, 7) is 10.3. The van der Waals surface area contributed by atoms with Crippen molar-refractivity contribution >= 4 is 18.3 Å². The number of amides is 1. The maximum atomic E-state index is 12.2. The number of carbonyl (C=O) groups is 1. The lowest BCUT2D eigenvalue weighted by Crippen LogP contribution is -2.37. The number of nitrogens with one attached hydrogen (secondary N) is 2. The van der Waals surface area contributed by atoms with E-state index < -0.39 is 0 Å². The first-order chi connectivity index (χ1) is 11.3. The van der Waals surface area contributed by atoms with Crippen molar-refractivity contribution in [3.63, 3.8) is 0 Å². The molecular weight excluding hydrogens is 340 g/mol. The molecule has 2 N–H and O–H groups in total. The largest absolute Gasteiger partial charge is 0.354 e. The highest BCUT2D eigenvalue weighted by Crippen LogP contribution is 2.17. The topological polar surface area (TPSA) is 84.7 Å². The first kappa shape index (κ1) is 21.1. The van der Waals surface area contributed by atoms with Crippen LogP contribution in [0.15, 0.2) is 6.07 Å². The van der Waals surface area contributed by atoms with Crippen LogP contribution < -0.4 is 10.6 Å². The Morgan fingerprint density at radius 3 is 2.36 bits per heavy atom. The van der Waals surface area contributed by atoms with E-state index in [1.807, 2.05) is 47.7 Å². The molecule has 25 heavy (non-hydrogen) atoms. The lowest BCUT2D eigenvalue weighted by molar-refractivity contribution is -0.120. The molecule has 7 nitrogen and oxygen atoms in total. The molecule has 0 bridgehead atoms. The van der Waals surface area contributed by atoms with Gasteiger partial charge in [0.1, 0.15) is 0 Å². The van der Waals surface area contributed by atoms with E-state index in [4.69, 9.17) is 0 Å². The second-order valence-corrected chi connectivity index (χ2v) is 6.18. The number of carbonyl (C=O) groups excluding carboxylic acids is 1. The zero-order valence-corrected chi connectivity index (χ0v) is 16.5. The second-order valence-electron chi connectivity index (χ2n) is 6.18. The van der Waals surface area contributed by atoms with Gasteiger partial charge in [0.25, 0.3) is 5.95 Å². The molecule has 0 aromatic carbocycles. The second kappa shape index (κ2) is 8.92. The van der Waals surface area contributed by atoms with Gasteiger partial charge in [0.2, 0.25) is 5.91 Å². The molecule has 0 saturated carbocycles. The number of aromatic nitrogens is 4. The van der Waals surface area contributed by atoms with Gasteiger partial charge >= 0.3 is 0 Å². The van der Waals surface area contributed by atoms with E-state index in [2.05, 4.69) is 25.7 Å². The summed E-state index contributed by atoms with van der Waals surface area (Å²) in [6, 6.07) is 2.16. The van der Waals surface area contributed by atoms with Gasteiger partial charge in [0.05, 0.1) is 12.1 Å². The fourth-order valence-corrected chi connectivity index (χ4v) is 2.52. The fraction of sp³-hybridized carbons (Fsp3) is 0.529. The molecule has 0 saturated heterocycles. The monoisotopic (exact) mass is 366 g/mol. The summed E-state index contributed by atoms with van der Waals surface area (Å²) in [5.74, 6) is 0.535. The zero-order chi connectivity index (χ0) is 17.9. The minimum absolute atomic E-state index is 0. The predicted octanol–water partition coefficient (Wildman–Crippen LogP) is 1.58. The maximum absolute atomic E-state index is 12.2. The Balaban J connectivity index is 0.00000312. The van der Waals surface area contributed by atoms with E-state index in [0.717, 1.165) is 28.3 Å². The molecule has 0 aliphatic carbocycles. The molecule has 1 amide bonds. The number of rotatable bonds is 6. The van der Waals surface area contributed by atoms with Crippen LogP contribution in [0, 0.1) is 27.7 Å². The molecule has 1 atom stereocenters. The van der Waals surface area contributed by atoms with Crippen molar-refractivity contribution in [2.24, 2.45) is 0 Å². The van der Waals surface area contributed by atoms with E-state index in [0.29, 0.717) is 18.9 Å². The molecule has 0 aliphatic heterocycles. The van der Waals surface area contributed by atoms with Gasteiger partial charge in [-0.3, -0.25) is 4.79 Å². The summed E-state index contributed by atoms with van der Waals surface area (Å²) >= 11 is 0. The van der Waals surface area contributed by atoms with Gasteiger partial charge in [0, 0.05) is 35.2 Å². The van der Waals surface area contributed by atoms with E-state index >= 15 is 0 Å². The number of hydrogen-bond acceptors (Lipinski definition) is 5. The summed E-state index contributed by atoms with van der Waals surface area (Å²) in [7, 11) is 1.87. The summed E-state index contributed by atoms with van der Waals surface area (Å²) in [5.41, 5.74) is 4.43. The lowest BCUT2D eigenvalue weighted by atomic mass is 10.1. The quantitative estimate of drug-likeness (QED) is 0.810. The molecule has 0 radical (unpaired) electrons. The fourth-order valence-electron chi connectivity index (χ4n) is 2.52. The van der Waals surface area contributed by atoms with Crippen LogP contribution in [-0.2, 0) is 11.2 Å². The average molecular weight is 367 g/mol. The highest BCUT2D eigenvalue weighted by molar-refractivity contribution is 5.85. The first-order valence-corrected chi connectivity index (χ1v) is 8.13. The Labute approximate surface area is 155 Å². The third kappa shape index (κ3) is 5.24. The summed E-state index contributed by atoms with van der Waals surface area (Å²) in [6.07, 6.45) is 0.304. The van der Waals surface area contributed by atoms with Gasteiger partial charge in [-0.2, -0.15) is 5.10 Å². The first-order valence-electron chi connectivity index (χ1n) is 8.13. The average Bonchev–Trinajstić information content (AvgIpc) is 2.79. The van der Waals surface area contributed by atoms with Crippen molar-refractivity contribution in [1.29, 1.82) is 0 Å². The van der Waals surface area contributed by atoms with Gasteiger partial charge in [-0.25, -0.2) is 14.6 Å². The van der Waals surface area contributed by atoms with Crippen LogP contribution in [0.2, 0.25) is 0 Å². The van der Waals surface area contributed by atoms with Gasteiger partial charge in [-0.1, -0.05) is 0 Å². The summed E-state index contributed by atoms with van der Waals surface area (Å²) < 4.78 is 1.72. The molecular formula is C17H27ClN6O. The van der Waals surface area contributed by atoms with E-state index in [9.17, 15) is 4.79 Å². The van der Waals surface area contributed by atoms with Gasteiger partial charge in [0.15, 0.2) is 0 Å². The van der Waals surface area contributed by atoms with E-state index in [1.165, 1.54) is 0 Å². The smallest absolute Gasteiger partial charge is 0.251 e. The van der Waals surface area contributed by atoms with Crippen LogP contribution in [0.4, 0.5) is 0 Å². The predicted molar refractivity (Wildman–Crippen MR) is 101 cm³/mol. The van der Waals surface area contributed by atoms with E-state index in [1.54, 1.807) is 4.68 Å². The zero-order valence-electron chi connectivity index (χ0n) is 15.7. The number of hydrogen-bond donors (Lipinski definition) is 2. The highest BCUT2D eigenvalue weighted by atomic mass is 35.5. The normalized spacial score (nSPS) is 11.8. The number of likely N-dealkylation sites (N-methyl/N-ethyl adjacent to an activating group) is 1. The maximum Gasteiger partial charge on any atom is 0.251 e. The van der Waals surface area contributed by atoms with Crippen LogP contribution in [0.25, 0.3) is 5.95 Å². The highest BCUT2D eigenvalue weighted by Gasteiger charge is 2.17. The molecule has 0 spiro atoms. The van der Waals surface area contributed by atoms with Crippen LogP contribution >= 0.6 is 12.4 Å². The lowest BCUT2D eigenvalue weighted by Gasteiger charge is -2.11. The summed E-state index contributed by atoms with van der Waals surface area (Å²) in [4.78, 5) is 21.1. The minimum Gasteiger partial charge on any atom is -0.354 e. The Hall–Kier alpha value is -1.99. The van der Waals surface area contributed by atoms with Crippen molar-refractivity contribution in [2.75, 3.05) is 13.6 Å². The SMILES string of the molecule is CNC(C)CNC(=O)Cc1c(C)nn(-c2nc(C)cc(C)n2)c1C.Cl. The minimum atomic E-state index is -0.0100. The number of nitrogens with zero attached hydrogens (tertiary/aromatic N) is 4. The van der Waals surface area contributed by atoms with Crippen molar-refractivity contribution in [2.45, 2.75) is 47.1 Å². The third-order valence-corrected chi connectivity index (χ3v) is 4.04. The molecule has 2 rings (SSSR count). The van der Waals surface area contributed by atoms with Crippen molar-refractivity contribution < 1.29 is 4.79 Å². The number of halogens is 1. The Kier molecular flexibility index (Phi) is 7.51. The molecule has 0 aliphatic rings. The van der Waals surface area contributed by atoms with Crippen LogP contribution in [0.3, 0.4) is 0 Å². The van der Waals surface area contributed by atoms with E-state index in [-0.39, 0.29) is 24.4 Å². The van der Waals surface area contributed by atoms with Crippen molar-refractivity contribution in [3.05, 3.63) is 34.4 Å². The van der Waals surface area contributed by atoms with Gasteiger partial charge < -0.3 is 10.6 Å². The Bertz CT molecular complexity index is 723. The molecule has 0 fully saturated rings. The Morgan fingerprint density at radius 1 is 1.20 bits per heavy atom. The van der Waals surface area contributed by atoms with Crippen LogP contribution in [0.5, 0.6) is 0 Å². The molecule has 8 heteroatoms. The summed E-state index contributed by atoms with van der Waals surface area (Å²) in [5, 5.41) is 10.6. The van der Waals surface area contributed by atoms with Crippen molar-refractivity contribution in [1.82, 2.24) is 30.4 Å². The van der Waals surface area contributed by atoms with Gasteiger partial charge in [-0.05, 0) is 47.7 Å². The molecule has 138 valence electrons. The molecule has 1 unspecified atom stereocenters. The Morgan fingerprint density at radius 2 is 1.80 bits per heavy atom. The van der Waals surface area contributed by atoms with Crippen LogP contribution in [-0.4, -0.2) is 45.3 Å². The third-order valence-electron chi connectivity index (χ3n) is 4.04. The number of aryl methyl sites for hydroxylation is 3. The standard InChI is InChI=1S/C17H26N6O.ClH/c1-10-7-11(2)21-17(20-10)23-14(5)15(13(4)22-23)8-16(24)19-9-12(3)18-6;/h7,12,18H,8-9H2,1-6H3,(H,19,24);1H. The molecule has 2 aromatic rings. The van der Waals surface area contributed by atoms with Crippen molar-refractivity contribution in [3.8, 4) is 5.95 Å². The molecule has 2 aromatic heterocycles. The van der Waals surface area contributed by atoms with Crippen LogP contribution in [0.1, 0.15) is 35.3 Å².